The number of nitrogens with zero attached hydrogens (tertiary/aromatic N) is 4. The lowest BCUT2D eigenvalue weighted by molar-refractivity contribution is 0.226. The highest BCUT2D eigenvalue weighted by molar-refractivity contribution is 5.90. The number of methoxy groups -OCH3 is 2. The number of anilines is 2. The minimum atomic E-state index is -0.236. The van der Waals surface area contributed by atoms with Crippen molar-refractivity contribution in [3.63, 3.8) is 0 Å². The van der Waals surface area contributed by atoms with Crippen molar-refractivity contribution in [3.8, 4) is 11.5 Å². The van der Waals surface area contributed by atoms with Crippen LogP contribution in [-0.4, -0.2) is 95.3 Å². The van der Waals surface area contributed by atoms with Gasteiger partial charge in [0.15, 0.2) is 11.5 Å². The summed E-state index contributed by atoms with van der Waals surface area (Å²) in [7, 11) is 7.72. The number of likely N-dealkylation sites (tertiary alicyclic amines) is 1. The van der Waals surface area contributed by atoms with Crippen LogP contribution in [0.25, 0.3) is 0 Å². The van der Waals surface area contributed by atoms with E-state index < -0.39 is 0 Å². The molecule has 3 fully saturated rings. The highest BCUT2D eigenvalue weighted by Gasteiger charge is 2.49. The van der Waals surface area contributed by atoms with Crippen molar-refractivity contribution < 1.29 is 14.3 Å². The number of carbonyl (C=O) groups is 1. The first-order valence-electron chi connectivity index (χ1n) is 14.0. The zero-order valence-corrected chi connectivity index (χ0v) is 23.7. The Labute approximate surface area is 232 Å². The number of fused-ring (bicyclic) bond motifs is 1. The van der Waals surface area contributed by atoms with Crippen molar-refractivity contribution in [2.45, 2.75) is 37.1 Å². The molecule has 9 nitrogen and oxygen atoms in total. The van der Waals surface area contributed by atoms with Crippen LogP contribution in [0.1, 0.15) is 31.2 Å². The smallest absolute Gasteiger partial charge is 0.320 e. The van der Waals surface area contributed by atoms with E-state index in [2.05, 4.69) is 63.7 Å². The third-order valence-electron chi connectivity index (χ3n) is 8.86. The van der Waals surface area contributed by atoms with Crippen LogP contribution in [0.3, 0.4) is 0 Å². The molecule has 2 atom stereocenters. The van der Waals surface area contributed by atoms with Crippen LogP contribution >= 0.6 is 0 Å². The molecule has 0 bridgehead atoms. The normalized spacial score (nSPS) is 24.9. The lowest BCUT2D eigenvalue weighted by Gasteiger charge is -2.42. The lowest BCUT2D eigenvalue weighted by atomic mass is 9.65. The molecular weight excluding hydrogens is 492 g/mol. The van der Waals surface area contributed by atoms with Crippen molar-refractivity contribution in [2.75, 3.05) is 77.9 Å². The Hall–Kier alpha value is -3.30. The summed E-state index contributed by atoms with van der Waals surface area (Å²) in [6.45, 7) is 5.52. The number of hydrogen-bond acceptors (Lipinski definition) is 7. The van der Waals surface area contributed by atoms with Crippen molar-refractivity contribution in [2.24, 2.45) is 4.99 Å². The minimum absolute atomic E-state index is 0.0778. The number of benzene rings is 2. The van der Waals surface area contributed by atoms with Gasteiger partial charge in [0.2, 0.25) is 0 Å². The summed E-state index contributed by atoms with van der Waals surface area (Å²) in [6, 6.07) is 14.6. The largest absolute Gasteiger partial charge is 0.493 e. The fourth-order valence-electron chi connectivity index (χ4n) is 6.44. The van der Waals surface area contributed by atoms with Crippen LogP contribution in [0.4, 0.5) is 16.2 Å². The van der Waals surface area contributed by atoms with Gasteiger partial charge >= 0.3 is 6.03 Å². The Bertz CT molecular complexity index is 1180. The summed E-state index contributed by atoms with van der Waals surface area (Å²) in [5.74, 6) is 1.54. The van der Waals surface area contributed by atoms with Crippen molar-refractivity contribution >= 4 is 23.1 Å². The Balaban J connectivity index is 1.15. The van der Waals surface area contributed by atoms with Gasteiger partial charge in [-0.3, -0.25) is 4.99 Å². The van der Waals surface area contributed by atoms with Gasteiger partial charge in [0, 0.05) is 61.1 Å². The SMILES string of the molecule is COc1ccc(C23CCC(=NCNC(=O)Nc4ccc(N5CCN(C)CC5)cc4)CC2N(C)CC3)cc1OC. The van der Waals surface area contributed by atoms with E-state index in [0.717, 1.165) is 75.6 Å². The van der Waals surface area contributed by atoms with E-state index in [0.29, 0.717) is 6.04 Å². The molecule has 2 aromatic rings. The van der Waals surface area contributed by atoms with E-state index in [-0.39, 0.29) is 18.1 Å². The molecule has 0 radical (unpaired) electrons. The van der Waals surface area contributed by atoms with E-state index >= 15 is 0 Å². The van der Waals surface area contributed by atoms with Crippen LogP contribution in [0.2, 0.25) is 0 Å². The topological polar surface area (TPSA) is 81.7 Å². The van der Waals surface area contributed by atoms with Gasteiger partial charge in [0.25, 0.3) is 0 Å². The molecule has 1 aliphatic carbocycles. The molecule has 210 valence electrons. The Morgan fingerprint density at radius 1 is 0.974 bits per heavy atom. The Morgan fingerprint density at radius 2 is 1.72 bits per heavy atom. The quantitative estimate of drug-likeness (QED) is 0.563. The molecule has 39 heavy (non-hydrogen) atoms. The predicted octanol–water partition coefficient (Wildman–Crippen LogP) is 3.80. The molecule has 5 rings (SSSR count). The minimum Gasteiger partial charge on any atom is -0.493 e. The average Bonchev–Trinajstić information content (AvgIpc) is 3.30. The number of rotatable bonds is 7. The molecule has 2 saturated heterocycles. The fourth-order valence-corrected chi connectivity index (χ4v) is 6.44. The summed E-state index contributed by atoms with van der Waals surface area (Å²) in [6.07, 6.45) is 3.98. The molecule has 9 heteroatoms. The first kappa shape index (κ1) is 27.3. The van der Waals surface area contributed by atoms with Gasteiger partial charge in [-0.15, -0.1) is 0 Å². The molecule has 2 aliphatic heterocycles. The van der Waals surface area contributed by atoms with Gasteiger partial charge in [0.1, 0.15) is 6.67 Å². The molecule has 2 aromatic carbocycles. The van der Waals surface area contributed by atoms with E-state index in [1.54, 1.807) is 14.2 Å². The van der Waals surface area contributed by atoms with Crippen LogP contribution in [-0.2, 0) is 5.41 Å². The predicted molar refractivity (Wildman–Crippen MR) is 157 cm³/mol. The maximum atomic E-state index is 12.5. The number of ether oxygens (including phenoxy) is 2. The molecule has 3 aliphatic rings. The molecular formula is C30H42N6O3. The third-order valence-corrected chi connectivity index (χ3v) is 8.86. The van der Waals surface area contributed by atoms with Gasteiger partial charge in [-0.05, 0) is 81.9 Å². The lowest BCUT2D eigenvalue weighted by Crippen LogP contribution is -2.46. The fraction of sp³-hybridized carbons (Fsp3) is 0.533. The summed E-state index contributed by atoms with van der Waals surface area (Å²) >= 11 is 0. The second-order valence-corrected chi connectivity index (χ2v) is 11.0. The van der Waals surface area contributed by atoms with Crippen LogP contribution in [0.15, 0.2) is 47.5 Å². The Kier molecular flexibility index (Phi) is 8.28. The van der Waals surface area contributed by atoms with Gasteiger partial charge in [0.05, 0.1) is 14.2 Å². The van der Waals surface area contributed by atoms with Gasteiger partial charge < -0.3 is 34.8 Å². The summed E-state index contributed by atoms with van der Waals surface area (Å²) in [5, 5.41) is 5.84. The van der Waals surface area contributed by atoms with Crippen molar-refractivity contribution in [1.29, 1.82) is 0 Å². The van der Waals surface area contributed by atoms with Gasteiger partial charge in [-0.25, -0.2) is 4.79 Å². The first-order chi connectivity index (χ1) is 18.9. The monoisotopic (exact) mass is 534 g/mol. The number of nitrogens with one attached hydrogen (secondary N) is 2. The number of likely N-dealkylation sites (N-methyl/N-ethyl adjacent to an activating group) is 2. The highest BCUT2D eigenvalue weighted by Crippen LogP contribution is 2.49. The second kappa shape index (κ2) is 11.8. The third kappa shape index (κ3) is 5.84. The number of hydrogen-bond donors (Lipinski definition) is 2. The molecule has 1 saturated carbocycles. The van der Waals surface area contributed by atoms with Crippen molar-refractivity contribution in [1.82, 2.24) is 15.1 Å². The molecule has 2 amide bonds. The second-order valence-electron chi connectivity index (χ2n) is 11.0. The van der Waals surface area contributed by atoms with Crippen LogP contribution < -0.4 is 25.0 Å². The summed E-state index contributed by atoms with van der Waals surface area (Å²) in [4.78, 5) is 24.5. The molecule has 0 spiro atoms. The van der Waals surface area contributed by atoms with Crippen LogP contribution in [0, 0.1) is 0 Å². The van der Waals surface area contributed by atoms with Gasteiger partial charge in [-0.2, -0.15) is 0 Å². The molecule has 0 aromatic heterocycles. The van der Waals surface area contributed by atoms with E-state index in [1.165, 1.54) is 17.0 Å². The number of urea groups is 1. The maximum Gasteiger partial charge on any atom is 0.320 e. The summed E-state index contributed by atoms with van der Waals surface area (Å²) < 4.78 is 11.1. The van der Waals surface area contributed by atoms with Crippen molar-refractivity contribution in [3.05, 3.63) is 48.0 Å². The highest BCUT2D eigenvalue weighted by atomic mass is 16.5. The zero-order valence-electron chi connectivity index (χ0n) is 23.7. The average molecular weight is 535 g/mol. The number of piperazine rings is 1. The maximum absolute atomic E-state index is 12.5. The van der Waals surface area contributed by atoms with Crippen LogP contribution in [0.5, 0.6) is 11.5 Å². The number of carbonyl (C=O) groups excluding carboxylic acids is 1. The standard InChI is InChI=1S/C30H42N6O3/c1-34-15-17-36(18-16-34)25-8-6-23(7-9-25)33-29(37)32-21-31-24-11-12-30(13-14-35(2)28(30)20-24)22-5-10-26(38-3)27(19-22)39-4/h5-10,19,28H,11-18,20-21H2,1-4H3,(H2,32,33,37). The van der Waals surface area contributed by atoms with E-state index in [1.807, 2.05) is 18.2 Å². The Morgan fingerprint density at radius 3 is 2.44 bits per heavy atom. The zero-order chi connectivity index (χ0) is 27.4. The number of aliphatic imine (C=N–C) groups is 1. The van der Waals surface area contributed by atoms with E-state index in [4.69, 9.17) is 14.5 Å². The molecule has 2 unspecified atom stereocenters. The van der Waals surface area contributed by atoms with Gasteiger partial charge in [-0.1, -0.05) is 6.07 Å². The number of amides is 2. The summed E-state index contributed by atoms with van der Waals surface area (Å²) in [5.41, 5.74) is 4.53. The molecule has 2 N–H and O–H groups in total. The first-order valence-corrected chi connectivity index (χ1v) is 14.0. The van der Waals surface area contributed by atoms with E-state index in [9.17, 15) is 4.79 Å². The molecule has 2 heterocycles.